The summed E-state index contributed by atoms with van der Waals surface area (Å²) in [5.41, 5.74) is 1.64. The highest BCUT2D eigenvalue weighted by Gasteiger charge is 2.61. The van der Waals surface area contributed by atoms with Crippen LogP contribution in [0.4, 0.5) is 10.5 Å². The van der Waals surface area contributed by atoms with Crippen LogP contribution in [0.15, 0.2) is 48.8 Å². The van der Waals surface area contributed by atoms with Crippen molar-refractivity contribution >= 4 is 29.2 Å². The smallest absolute Gasteiger partial charge is 0.321 e. The van der Waals surface area contributed by atoms with Crippen molar-refractivity contribution < 1.29 is 9.59 Å². The first-order chi connectivity index (χ1) is 13.1. The number of amides is 3. The first-order valence-electron chi connectivity index (χ1n) is 9.04. The summed E-state index contributed by atoms with van der Waals surface area (Å²) in [5, 5.41) is 6.51. The second-order valence-corrected chi connectivity index (χ2v) is 7.74. The van der Waals surface area contributed by atoms with Crippen LogP contribution in [-0.4, -0.2) is 34.9 Å². The van der Waals surface area contributed by atoms with Crippen LogP contribution >= 0.6 is 11.6 Å². The average Bonchev–Trinajstić information content (AvgIpc) is 3.22. The first kappa shape index (κ1) is 17.8. The zero-order valence-electron chi connectivity index (χ0n) is 14.8. The normalized spacial score (nSPS) is 23.3. The van der Waals surface area contributed by atoms with E-state index in [9.17, 15) is 9.59 Å². The van der Waals surface area contributed by atoms with Gasteiger partial charge in [0.1, 0.15) is 0 Å². The number of carbonyl (C=O) groups is 2. The van der Waals surface area contributed by atoms with Gasteiger partial charge in [-0.3, -0.25) is 9.78 Å². The fourth-order valence-electron chi connectivity index (χ4n) is 3.79. The largest absolute Gasteiger partial charge is 0.352 e. The molecular weight excluding hydrogens is 364 g/mol. The minimum atomic E-state index is -0.129. The monoisotopic (exact) mass is 384 g/mol. The zero-order chi connectivity index (χ0) is 18.9. The van der Waals surface area contributed by atoms with Gasteiger partial charge in [-0.05, 0) is 48.7 Å². The van der Waals surface area contributed by atoms with Crippen LogP contribution in [0.2, 0.25) is 5.02 Å². The lowest BCUT2D eigenvalue weighted by atomic mass is 10.0. The molecule has 1 saturated carbocycles. The van der Waals surface area contributed by atoms with Crippen molar-refractivity contribution in [1.29, 1.82) is 0 Å². The standard InChI is InChI=1S/C20H21ClN4O2/c21-15-3-5-16(6-4-15)24-19(27)25-9-7-20(13-25)10-17(20)18(26)23-12-14-2-1-8-22-11-14/h1-6,8,11,17H,7,9-10,12-13H2,(H,23,26)(H,24,27)/t17-,20-/m0/s1. The summed E-state index contributed by atoms with van der Waals surface area (Å²) < 4.78 is 0. The minimum absolute atomic E-state index is 0.0116. The van der Waals surface area contributed by atoms with Crippen LogP contribution in [0.25, 0.3) is 0 Å². The van der Waals surface area contributed by atoms with Crippen LogP contribution in [0.1, 0.15) is 18.4 Å². The van der Waals surface area contributed by atoms with Gasteiger partial charge in [0, 0.05) is 54.1 Å². The molecule has 2 aromatic rings. The number of nitrogens with zero attached hydrogens (tertiary/aromatic N) is 2. The molecule has 0 bridgehead atoms. The van der Waals surface area contributed by atoms with Crippen LogP contribution in [0.3, 0.4) is 0 Å². The Morgan fingerprint density at radius 3 is 2.81 bits per heavy atom. The zero-order valence-corrected chi connectivity index (χ0v) is 15.6. The maximum atomic E-state index is 12.5. The molecular formula is C20H21ClN4O2. The topological polar surface area (TPSA) is 74.3 Å². The highest BCUT2D eigenvalue weighted by molar-refractivity contribution is 6.30. The van der Waals surface area contributed by atoms with Crippen molar-refractivity contribution in [2.45, 2.75) is 19.4 Å². The fourth-order valence-corrected chi connectivity index (χ4v) is 3.92. The average molecular weight is 385 g/mol. The number of carbonyl (C=O) groups excluding carboxylic acids is 2. The van der Waals surface area contributed by atoms with E-state index in [0.717, 1.165) is 18.4 Å². The van der Waals surface area contributed by atoms with E-state index in [4.69, 9.17) is 11.6 Å². The van der Waals surface area contributed by atoms with Gasteiger partial charge in [-0.25, -0.2) is 4.79 Å². The molecule has 0 unspecified atom stereocenters. The molecule has 4 rings (SSSR count). The molecule has 2 aliphatic rings. The van der Waals surface area contributed by atoms with Gasteiger partial charge in [0.25, 0.3) is 0 Å². The minimum Gasteiger partial charge on any atom is -0.352 e. The summed E-state index contributed by atoms with van der Waals surface area (Å²) in [6.45, 7) is 1.78. The SMILES string of the molecule is O=C(NCc1cccnc1)[C@@H]1C[C@]12CCN(C(=O)Nc1ccc(Cl)cc1)C2. The van der Waals surface area contributed by atoms with Gasteiger partial charge in [-0.15, -0.1) is 0 Å². The Labute approximate surface area is 162 Å². The highest BCUT2D eigenvalue weighted by Crippen LogP contribution is 2.58. The van der Waals surface area contributed by atoms with Gasteiger partial charge in [0.2, 0.25) is 5.91 Å². The van der Waals surface area contributed by atoms with E-state index >= 15 is 0 Å². The van der Waals surface area contributed by atoms with Gasteiger partial charge in [0.05, 0.1) is 0 Å². The molecule has 1 aliphatic heterocycles. The molecule has 3 amide bonds. The van der Waals surface area contributed by atoms with Gasteiger partial charge in [-0.1, -0.05) is 17.7 Å². The van der Waals surface area contributed by atoms with Crippen molar-refractivity contribution in [1.82, 2.24) is 15.2 Å². The Bertz CT molecular complexity index is 843. The molecule has 2 heterocycles. The Hall–Kier alpha value is -2.60. The number of hydrogen-bond acceptors (Lipinski definition) is 3. The molecule has 2 atom stereocenters. The summed E-state index contributed by atoms with van der Waals surface area (Å²) >= 11 is 5.87. The number of likely N-dealkylation sites (tertiary alicyclic amines) is 1. The molecule has 27 heavy (non-hydrogen) atoms. The van der Waals surface area contributed by atoms with E-state index in [1.165, 1.54) is 0 Å². The first-order valence-corrected chi connectivity index (χ1v) is 9.42. The molecule has 1 aromatic carbocycles. The molecule has 7 heteroatoms. The fraction of sp³-hybridized carbons (Fsp3) is 0.350. The number of nitrogens with one attached hydrogen (secondary N) is 2. The summed E-state index contributed by atoms with van der Waals surface area (Å²) in [7, 11) is 0. The predicted molar refractivity (Wildman–Crippen MR) is 103 cm³/mol. The van der Waals surface area contributed by atoms with Crippen molar-refractivity contribution in [3.63, 3.8) is 0 Å². The molecule has 1 saturated heterocycles. The maximum Gasteiger partial charge on any atom is 0.321 e. The van der Waals surface area contributed by atoms with Crippen molar-refractivity contribution in [2.24, 2.45) is 11.3 Å². The molecule has 1 aromatic heterocycles. The van der Waals surface area contributed by atoms with E-state index in [0.29, 0.717) is 30.3 Å². The molecule has 2 fully saturated rings. The Morgan fingerprint density at radius 2 is 2.07 bits per heavy atom. The summed E-state index contributed by atoms with van der Waals surface area (Å²) in [4.78, 5) is 30.8. The second kappa shape index (κ2) is 7.19. The number of halogens is 1. The lowest BCUT2D eigenvalue weighted by Crippen LogP contribution is -2.34. The quantitative estimate of drug-likeness (QED) is 0.849. The van der Waals surface area contributed by atoms with Crippen molar-refractivity contribution in [3.05, 3.63) is 59.4 Å². The second-order valence-electron chi connectivity index (χ2n) is 7.31. The van der Waals surface area contributed by atoms with E-state index in [-0.39, 0.29) is 23.3 Å². The van der Waals surface area contributed by atoms with E-state index in [1.807, 2.05) is 12.1 Å². The van der Waals surface area contributed by atoms with Gasteiger partial charge < -0.3 is 15.5 Å². The summed E-state index contributed by atoms with van der Waals surface area (Å²) in [6.07, 6.45) is 5.17. The molecule has 1 spiro atoms. The molecule has 6 nitrogen and oxygen atoms in total. The third kappa shape index (κ3) is 3.90. The van der Waals surface area contributed by atoms with Crippen LogP contribution in [0.5, 0.6) is 0 Å². The molecule has 0 radical (unpaired) electrons. The third-order valence-corrected chi connectivity index (χ3v) is 5.72. The number of benzene rings is 1. The molecule has 1 aliphatic carbocycles. The highest BCUT2D eigenvalue weighted by atomic mass is 35.5. The van der Waals surface area contributed by atoms with Gasteiger partial charge in [0.15, 0.2) is 0 Å². The number of anilines is 1. The number of hydrogen-bond donors (Lipinski definition) is 2. The molecule has 2 N–H and O–H groups in total. The number of rotatable bonds is 4. The van der Waals surface area contributed by atoms with Gasteiger partial charge >= 0.3 is 6.03 Å². The predicted octanol–water partition coefficient (Wildman–Crippen LogP) is 3.30. The Kier molecular flexibility index (Phi) is 4.74. The number of pyridine rings is 1. The van der Waals surface area contributed by atoms with Crippen LogP contribution in [0, 0.1) is 11.3 Å². The maximum absolute atomic E-state index is 12.5. The van der Waals surface area contributed by atoms with Gasteiger partial charge in [-0.2, -0.15) is 0 Å². The summed E-state index contributed by atoms with van der Waals surface area (Å²) in [5.74, 6) is 0.0568. The van der Waals surface area contributed by atoms with Crippen LogP contribution in [-0.2, 0) is 11.3 Å². The molecule has 140 valence electrons. The number of aromatic nitrogens is 1. The van der Waals surface area contributed by atoms with E-state index < -0.39 is 0 Å². The van der Waals surface area contributed by atoms with Crippen molar-refractivity contribution in [2.75, 3.05) is 18.4 Å². The van der Waals surface area contributed by atoms with E-state index in [2.05, 4.69) is 15.6 Å². The summed E-state index contributed by atoms with van der Waals surface area (Å²) in [6, 6.07) is 10.7. The van der Waals surface area contributed by atoms with Crippen LogP contribution < -0.4 is 10.6 Å². The lowest BCUT2D eigenvalue weighted by Gasteiger charge is -2.17. The Morgan fingerprint density at radius 1 is 1.26 bits per heavy atom. The van der Waals surface area contributed by atoms with E-state index in [1.54, 1.807) is 41.6 Å². The number of urea groups is 1. The van der Waals surface area contributed by atoms with Crippen molar-refractivity contribution in [3.8, 4) is 0 Å². The lowest BCUT2D eigenvalue weighted by molar-refractivity contribution is -0.123. The Balaban J connectivity index is 1.28. The third-order valence-electron chi connectivity index (χ3n) is 5.46.